The molecule has 1 amide bonds. The average molecular weight is 542 g/mol. The van der Waals surface area contributed by atoms with E-state index in [4.69, 9.17) is 4.42 Å². The number of carbonyl (C=O) groups excluding carboxylic acids is 2. The summed E-state index contributed by atoms with van der Waals surface area (Å²) in [6, 6.07) is 1.31. The van der Waals surface area contributed by atoms with Gasteiger partial charge in [0.15, 0.2) is 5.78 Å². The van der Waals surface area contributed by atoms with Crippen molar-refractivity contribution in [2.24, 2.45) is 0 Å². The molecule has 0 saturated carbocycles. The summed E-state index contributed by atoms with van der Waals surface area (Å²) in [5.41, 5.74) is 0.905. The van der Waals surface area contributed by atoms with E-state index >= 15 is 0 Å². The number of hydrogen-bond donors (Lipinski definition) is 3. The zero-order valence-corrected chi connectivity index (χ0v) is 24.0. The molecule has 1 heterocycles. The topological polar surface area (TPSA) is 126 Å². The lowest BCUT2D eigenvalue weighted by molar-refractivity contribution is 0.102. The van der Waals surface area contributed by atoms with Crippen LogP contribution in [0, 0.1) is 0 Å². The van der Waals surface area contributed by atoms with Gasteiger partial charge in [-0.15, -0.1) is 0 Å². The number of amides is 1. The number of unbranched alkanes of at least 4 members (excludes halogenated alkanes) is 1. The fourth-order valence-corrected chi connectivity index (χ4v) is 3.63. The molecule has 0 bridgehead atoms. The molecular formula is C31H43NO7. The van der Waals surface area contributed by atoms with Crippen molar-refractivity contribution in [3.8, 4) is 5.75 Å². The van der Waals surface area contributed by atoms with Crippen molar-refractivity contribution in [1.82, 2.24) is 5.32 Å². The van der Waals surface area contributed by atoms with Gasteiger partial charge in [0, 0.05) is 18.2 Å². The Hall–Kier alpha value is -3.65. The van der Waals surface area contributed by atoms with Crippen LogP contribution in [0.3, 0.4) is 0 Å². The molecule has 0 saturated heterocycles. The number of hydrogen-bond acceptors (Lipinski definition) is 7. The van der Waals surface area contributed by atoms with E-state index in [1.807, 2.05) is 33.8 Å². The molecule has 3 N–H and O–H groups in total. The summed E-state index contributed by atoms with van der Waals surface area (Å²) < 4.78 is 9.82. The maximum absolute atomic E-state index is 12.9. The number of carbonyl (C=O) groups is 2. The van der Waals surface area contributed by atoms with Crippen LogP contribution in [0.25, 0.3) is 0 Å². The van der Waals surface area contributed by atoms with Gasteiger partial charge < -0.3 is 19.4 Å². The monoisotopic (exact) mass is 541 g/mol. The molecule has 8 heteroatoms. The minimum Gasteiger partial charge on any atom is -0.507 e. The first-order chi connectivity index (χ1) is 18.5. The molecule has 2 atom stereocenters. The van der Waals surface area contributed by atoms with E-state index in [1.165, 1.54) is 19.4 Å². The van der Waals surface area contributed by atoms with Crippen LogP contribution in [-0.4, -0.2) is 35.3 Å². The highest BCUT2D eigenvalue weighted by atomic mass is 16.5. The molecule has 0 fully saturated rings. The second-order valence-corrected chi connectivity index (χ2v) is 9.55. The first-order valence-electron chi connectivity index (χ1n) is 13.2. The van der Waals surface area contributed by atoms with Crippen molar-refractivity contribution in [1.29, 1.82) is 0 Å². The van der Waals surface area contributed by atoms with Gasteiger partial charge in [0.1, 0.15) is 17.1 Å². The molecule has 1 aromatic heterocycles. The van der Waals surface area contributed by atoms with Crippen LogP contribution in [0.4, 0.5) is 4.79 Å². The van der Waals surface area contributed by atoms with Crippen molar-refractivity contribution >= 4 is 11.9 Å². The molecule has 0 aliphatic rings. The summed E-state index contributed by atoms with van der Waals surface area (Å²) in [6.07, 6.45) is 15.8. The van der Waals surface area contributed by atoms with Gasteiger partial charge in [-0.25, -0.2) is 9.59 Å². The lowest BCUT2D eigenvalue weighted by Crippen LogP contribution is -2.17. The van der Waals surface area contributed by atoms with Crippen molar-refractivity contribution < 1.29 is 29.0 Å². The molecule has 8 nitrogen and oxygen atoms in total. The van der Waals surface area contributed by atoms with Gasteiger partial charge in [-0.1, -0.05) is 49.0 Å². The zero-order valence-electron chi connectivity index (χ0n) is 24.0. The number of Topliss-reactive ketones (excluding diaryl/α,β-unsaturated/α-hetero) is 1. The van der Waals surface area contributed by atoms with Crippen LogP contribution in [-0.2, 0) is 4.74 Å². The standard InChI is InChI=1S/C31H43NO7/c1-7-8-9-10-13-22(3)25(33)18-16-21(2)15-17-24(5)29(35)28-26(34)20-27(39-30(28)36)23(4)14-11-12-19-32-31(37)38-6/h7-8,12-13,15,17,19-20,23,25,33-34H,9-11,14,16,18H2,1-6H3,(H,32,37). The first kappa shape index (κ1) is 33.4. The van der Waals surface area contributed by atoms with E-state index in [0.29, 0.717) is 25.7 Å². The van der Waals surface area contributed by atoms with Crippen LogP contribution in [0.5, 0.6) is 5.75 Å². The number of rotatable bonds is 15. The summed E-state index contributed by atoms with van der Waals surface area (Å²) in [5.74, 6) is -0.972. The van der Waals surface area contributed by atoms with Crippen LogP contribution < -0.4 is 10.9 Å². The number of aliphatic hydroxyl groups is 1. The van der Waals surface area contributed by atoms with Gasteiger partial charge in [0.05, 0.1) is 13.2 Å². The summed E-state index contributed by atoms with van der Waals surface area (Å²) in [5, 5.41) is 23.3. The first-order valence-corrected chi connectivity index (χ1v) is 13.2. The van der Waals surface area contributed by atoms with E-state index in [0.717, 1.165) is 24.0 Å². The third kappa shape index (κ3) is 12.2. The van der Waals surface area contributed by atoms with Gasteiger partial charge in [-0.2, -0.15) is 0 Å². The largest absolute Gasteiger partial charge is 0.507 e. The smallest absolute Gasteiger partial charge is 0.410 e. The van der Waals surface area contributed by atoms with E-state index < -0.39 is 34.9 Å². The second-order valence-electron chi connectivity index (χ2n) is 9.55. The van der Waals surface area contributed by atoms with Crippen LogP contribution in [0.2, 0.25) is 0 Å². The number of aromatic hydroxyl groups is 1. The average Bonchev–Trinajstić information content (AvgIpc) is 2.91. The molecule has 0 aliphatic heterocycles. The molecule has 0 spiro atoms. The fourth-order valence-electron chi connectivity index (χ4n) is 3.63. The number of alkyl carbamates (subject to hydrolysis) is 1. The number of nitrogens with one attached hydrogen (secondary N) is 1. The quantitative estimate of drug-likeness (QED) is 0.0749. The fraction of sp³-hybridized carbons (Fsp3) is 0.452. The van der Waals surface area contributed by atoms with Gasteiger partial charge >= 0.3 is 11.7 Å². The summed E-state index contributed by atoms with van der Waals surface area (Å²) in [4.78, 5) is 36.5. The predicted molar refractivity (Wildman–Crippen MR) is 154 cm³/mol. The predicted octanol–water partition coefficient (Wildman–Crippen LogP) is 6.62. The molecule has 0 aliphatic carbocycles. The van der Waals surface area contributed by atoms with Gasteiger partial charge in [0.2, 0.25) is 0 Å². The van der Waals surface area contributed by atoms with Crippen molar-refractivity contribution in [3.05, 3.63) is 87.2 Å². The Kier molecular flexibility index (Phi) is 15.2. The minimum atomic E-state index is -0.891. The van der Waals surface area contributed by atoms with Gasteiger partial charge in [-0.3, -0.25) is 10.1 Å². The highest BCUT2D eigenvalue weighted by Gasteiger charge is 2.22. The van der Waals surface area contributed by atoms with Crippen LogP contribution in [0.15, 0.2) is 74.7 Å². The molecule has 0 aromatic carbocycles. The minimum absolute atomic E-state index is 0.209. The molecule has 1 aromatic rings. The molecule has 39 heavy (non-hydrogen) atoms. The number of methoxy groups -OCH3 is 1. The molecule has 1 rings (SSSR count). The lowest BCUT2D eigenvalue weighted by atomic mass is 9.99. The van der Waals surface area contributed by atoms with E-state index in [1.54, 1.807) is 25.2 Å². The summed E-state index contributed by atoms with van der Waals surface area (Å²) >= 11 is 0. The molecule has 2 unspecified atom stereocenters. The van der Waals surface area contributed by atoms with E-state index in [-0.39, 0.29) is 17.3 Å². The molecule has 0 radical (unpaired) electrons. The Balaban J connectivity index is 2.79. The van der Waals surface area contributed by atoms with Crippen molar-refractivity contribution in [2.45, 2.75) is 85.2 Å². The van der Waals surface area contributed by atoms with Crippen LogP contribution >= 0.6 is 0 Å². The normalized spacial score (nSPS) is 14.6. The Morgan fingerprint density at radius 2 is 1.82 bits per heavy atom. The maximum atomic E-state index is 12.9. The number of allylic oxidation sites excluding steroid dienone is 8. The van der Waals surface area contributed by atoms with E-state index in [9.17, 15) is 24.6 Å². The summed E-state index contributed by atoms with van der Waals surface area (Å²) in [7, 11) is 1.27. The van der Waals surface area contributed by atoms with Crippen molar-refractivity contribution in [2.75, 3.05) is 7.11 Å². The maximum Gasteiger partial charge on any atom is 0.410 e. The van der Waals surface area contributed by atoms with E-state index in [2.05, 4.69) is 22.2 Å². The van der Waals surface area contributed by atoms with Gasteiger partial charge in [-0.05, 0) is 77.4 Å². The lowest BCUT2D eigenvalue weighted by Gasteiger charge is -2.11. The zero-order chi connectivity index (χ0) is 29.4. The molecular weight excluding hydrogens is 498 g/mol. The number of ketones is 1. The third-order valence-corrected chi connectivity index (χ3v) is 6.28. The Morgan fingerprint density at radius 1 is 1.10 bits per heavy atom. The highest BCUT2D eigenvalue weighted by molar-refractivity contribution is 6.09. The third-order valence-electron chi connectivity index (χ3n) is 6.28. The number of ether oxygens (including phenoxy) is 1. The highest BCUT2D eigenvalue weighted by Crippen LogP contribution is 2.26. The Labute approximate surface area is 231 Å². The Morgan fingerprint density at radius 3 is 2.46 bits per heavy atom. The van der Waals surface area contributed by atoms with Crippen molar-refractivity contribution in [3.63, 3.8) is 0 Å². The second kappa shape index (κ2) is 17.8. The number of aliphatic hydroxyl groups excluding tert-OH is 1. The summed E-state index contributed by atoms with van der Waals surface area (Å²) in [6.45, 7) is 9.22. The SMILES string of the molecule is CC=CCCC=C(C)C(O)CCC(C)=CC=C(C)C(=O)c1c(O)cc(C(C)CCC=CNC(=O)OC)oc1=O. The van der Waals surface area contributed by atoms with Gasteiger partial charge in [0.25, 0.3) is 0 Å². The Bertz CT molecular complexity index is 1170. The van der Waals surface area contributed by atoms with Crippen LogP contribution in [0.1, 0.15) is 95.2 Å². The molecule has 214 valence electrons.